The van der Waals surface area contributed by atoms with Crippen LogP contribution in [0.4, 0.5) is 0 Å². The summed E-state index contributed by atoms with van der Waals surface area (Å²) in [5, 5.41) is 10.9. The molecule has 0 bridgehead atoms. The van der Waals surface area contributed by atoms with Crippen LogP contribution < -0.4 is 5.73 Å². The second-order valence-electron chi connectivity index (χ2n) is 2.41. The van der Waals surface area contributed by atoms with Crippen LogP contribution in [-0.4, -0.2) is 21.3 Å². The fraction of sp³-hybridized carbons (Fsp3) is 0.429. The number of carbonyl (C=O) groups excluding carboxylic acids is 1. The zero-order chi connectivity index (χ0) is 9.14. The zero-order valence-electron chi connectivity index (χ0n) is 7.03. The van der Waals surface area contributed by atoms with E-state index in [1.807, 2.05) is 6.92 Å². The van der Waals surface area contributed by atoms with Gasteiger partial charge in [0.05, 0.1) is 17.0 Å². The minimum Gasteiger partial charge on any atom is -0.365 e. The van der Waals surface area contributed by atoms with Crippen molar-refractivity contribution in [3.8, 4) is 0 Å². The van der Waals surface area contributed by atoms with Crippen LogP contribution in [0.2, 0.25) is 0 Å². The quantitative estimate of drug-likeness (QED) is 0.661. The molecule has 0 saturated heterocycles. The number of amides is 1. The summed E-state index contributed by atoms with van der Waals surface area (Å²) in [4.78, 5) is 10.9. The number of nitrogens with zero attached hydrogens (tertiary/aromatic N) is 3. The molecule has 0 fully saturated rings. The lowest BCUT2D eigenvalue weighted by molar-refractivity contribution is 0.0997. The van der Waals surface area contributed by atoms with Gasteiger partial charge >= 0.3 is 0 Å². The Bertz CT molecular complexity index is 310. The lowest BCUT2D eigenvalue weighted by Crippen LogP contribution is -2.18. The molecule has 12 heavy (non-hydrogen) atoms. The van der Waals surface area contributed by atoms with Crippen molar-refractivity contribution >= 4 is 5.91 Å². The standard InChI is InChI=1S/C7H10N4O/c1-3-5-6(7(8)12)4(2)9-11-10-5/h3H2,1-2H3,(H2,8,12). The van der Waals surface area contributed by atoms with E-state index in [4.69, 9.17) is 5.73 Å². The van der Waals surface area contributed by atoms with E-state index in [1.54, 1.807) is 6.92 Å². The molecule has 5 heteroatoms. The van der Waals surface area contributed by atoms with Crippen molar-refractivity contribution in [1.29, 1.82) is 0 Å². The van der Waals surface area contributed by atoms with Gasteiger partial charge in [-0.3, -0.25) is 4.79 Å². The molecule has 1 rings (SSSR count). The maximum Gasteiger partial charge on any atom is 0.252 e. The third-order valence-corrected chi connectivity index (χ3v) is 1.59. The van der Waals surface area contributed by atoms with Gasteiger partial charge in [0.15, 0.2) is 0 Å². The Balaban J connectivity index is 3.29. The van der Waals surface area contributed by atoms with Crippen LogP contribution in [0.3, 0.4) is 0 Å². The second kappa shape index (κ2) is 3.25. The van der Waals surface area contributed by atoms with Crippen molar-refractivity contribution in [3.63, 3.8) is 0 Å². The maximum absolute atomic E-state index is 10.9. The molecule has 1 aromatic heterocycles. The maximum atomic E-state index is 10.9. The first-order valence-electron chi connectivity index (χ1n) is 3.65. The summed E-state index contributed by atoms with van der Waals surface area (Å²) in [6.07, 6.45) is 0.634. The molecule has 0 radical (unpaired) electrons. The number of rotatable bonds is 2. The highest BCUT2D eigenvalue weighted by Gasteiger charge is 2.12. The number of aryl methyl sites for hydroxylation is 2. The molecule has 0 atom stereocenters. The van der Waals surface area contributed by atoms with Crippen molar-refractivity contribution in [2.45, 2.75) is 20.3 Å². The monoisotopic (exact) mass is 166 g/mol. The van der Waals surface area contributed by atoms with E-state index < -0.39 is 5.91 Å². The first-order valence-corrected chi connectivity index (χ1v) is 3.65. The van der Waals surface area contributed by atoms with Crippen LogP contribution in [0.1, 0.15) is 28.7 Å². The molecule has 0 spiro atoms. The number of aromatic nitrogens is 3. The third kappa shape index (κ3) is 1.39. The second-order valence-corrected chi connectivity index (χ2v) is 2.41. The summed E-state index contributed by atoms with van der Waals surface area (Å²) in [7, 11) is 0. The molecule has 0 aromatic carbocycles. The van der Waals surface area contributed by atoms with E-state index >= 15 is 0 Å². The summed E-state index contributed by atoms with van der Waals surface area (Å²) in [5.41, 5.74) is 6.68. The van der Waals surface area contributed by atoms with Gasteiger partial charge in [-0.05, 0) is 18.6 Å². The smallest absolute Gasteiger partial charge is 0.252 e. The molecule has 64 valence electrons. The van der Waals surface area contributed by atoms with Gasteiger partial charge in [-0.15, -0.1) is 10.2 Å². The SMILES string of the molecule is CCc1nnnc(C)c1C(N)=O. The van der Waals surface area contributed by atoms with E-state index in [2.05, 4.69) is 15.4 Å². The van der Waals surface area contributed by atoms with Crippen LogP contribution in [0.15, 0.2) is 0 Å². The van der Waals surface area contributed by atoms with E-state index in [1.165, 1.54) is 0 Å². The van der Waals surface area contributed by atoms with Crippen molar-refractivity contribution in [2.75, 3.05) is 0 Å². The molecular formula is C7H10N4O. The van der Waals surface area contributed by atoms with Gasteiger partial charge in [0.25, 0.3) is 5.91 Å². The largest absolute Gasteiger partial charge is 0.365 e. The fourth-order valence-corrected chi connectivity index (χ4v) is 1.02. The molecule has 1 amide bonds. The first kappa shape index (κ1) is 8.58. The Hall–Kier alpha value is -1.52. The van der Waals surface area contributed by atoms with Gasteiger partial charge in [-0.1, -0.05) is 6.92 Å². The highest BCUT2D eigenvalue weighted by atomic mass is 16.1. The van der Waals surface area contributed by atoms with E-state index in [0.29, 0.717) is 23.4 Å². The highest BCUT2D eigenvalue weighted by molar-refractivity contribution is 5.94. The fourth-order valence-electron chi connectivity index (χ4n) is 1.02. The number of carbonyl (C=O) groups is 1. The number of hydrogen-bond donors (Lipinski definition) is 1. The van der Waals surface area contributed by atoms with Crippen LogP contribution in [0.25, 0.3) is 0 Å². The van der Waals surface area contributed by atoms with Crippen LogP contribution in [0.5, 0.6) is 0 Å². The van der Waals surface area contributed by atoms with Gasteiger partial charge in [-0.2, -0.15) is 0 Å². The summed E-state index contributed by atoms with van der Waals surface area (Å²) < 4.78 is 0. The molecule has 0 aliphatic heterocycles. The normalized spacial score (nSPS) is 9.83. The van der Waals surface area contributed by atoms with Gasteiger partial charge in [-0.25, -0.2) is 0 Å². The highest BCUT2D eigenvalue weighted by Crippen LogP contribution is 2.06. The van der Waals surface area contributed by atoms with E-state index in [9.17, 15) is 4.79 Å². The van der Waals surface area contributed by atoms with Crippen molar-refractivity contribution < 1.29 is 4.79 Å². The van der Waals surface area contributed by atoms with Crippen molar-refractivity contribution in [2.24, 2.45) is 5.73 Å². The predicted molar refractivity (Wildman–Crippen MR) is 42.5 cm³/mol. The zero-order valence-corrected chi connectivity index (χ0v) is 7.03. The van der Waals surface area contributed by atoms with Crippen LogP contribution in [-0.2, 0) is 6.42 Å². The lowest BCUT2D eigenvalue weighted by atomic mass is 10.1. The number of hydrogen-bond acceptors (Lipinski definition) is 4. The third-order valence-electron chi connectivity index (χ3n) is 1.59. The summed E-state index contributed by atoms with van der Waals surface area (Å²) in [6.45, 7) is 3.57. The van der Waals surface area contributed by atoms with E-state index in [0.717, 1.165) is 0 Å². The van der Waals surface area contributed by atoms with E-state index in [-0.39, 0.29) is 0 Å². The Morgan fingerprint density at radius 2 is 2.17 bits per heavy atom. The average Bonchev–Trinajstić information content (AvgIpc) is 2.03. The van der Waals surface area contributed by atoms with Gasteiger partial charge < -0.3 is 5.73 Å². The minimum absolute atomic E-state index is 0.396. The molecule has 2 N–H and O–H groups in total. The molecule has 1 aromatic rings. The van der Waals surface area contributed by atoms with Crippen LogP contribution >= 0.6 is 0 Å². The Morgan fingerprint density at radius 3 is 2.58 bits per heavy atom. The van der Waals surface area contributed by atoms with Gasteiger partial charge in [0.1, 0.15) is 0 Å². The Labute approximate surface area is 70.0 Å². The van der Waals surface area contributed by atoms with Gasteiger partial charge in [0, 0.05) is 0 Å². The molecule has 0 aliphatic rings. The van der Waals surface area contributed by atoms with Gasteiger partial charge in [0.2, 0.25) is 0 Å². The molecule has 1 heterocycles. The van der Waals surface area contributed by atoms with Crippen LogP contribution in [0, 0.1) is 6.92 Å². The molecule has 0 saturated carbocycles. The first-order chi connectivity index (χ1) is 5.66. The number of primary amides is 1. The molecule has 0 aliphatic carbocycles. The van der Waals surface area contributed by atoms with Crippen molar-refractivity contribution in [1.82, 2.24) is 15.4 Å². The topological polar surface area (TPSA) is 81.8 Å². The summed E-state index contributed by atoms with van der Waals surface area (Å²) in [6, 6.07) is 0. The Morgan fingerprint density at radius 1 is 1.50 bits per heavy atom. The summed E-state index contributed by atoms with van der Waals surface area (Å²) in [5.74, 6) is -0.494. The lowest BCUT2D eigenvalue weighted by Gasteiger charge is -2.02. The molecule has 0 unspecified atom stereocenters. The average molecular weight is 166 g/mol. The summed E-state index contributed by atoms with van der Waals surface area (Å²) >= 11 is 0. The minimum atomic E-state index is -0.494. The van der Waals surface area contributed by atoms with Crippen molar-refractivity contribution in [3.05, 3.63) is 17.0 Å². The number of nitrogens with two attached hydrogens (primary N) is 1. The Kier molecular flexibility index (Phi) is 2.32. The molecular weight excluding hydrogens is 156 g/mol. The predicted octanol–water partition coefficient (Wildman–Crippen LogP) is -0.159. The molecule has 5 nitrogen and oxygen atoms in total.